The van der Waals surface area contributed by atoms with E-state index in [4.69, 9.17) is 11.6 Å². The summed E-state index contributed by atoms with van der Waals surface area (Å²) in [5.74, 6) is 1.16. The first kappa shape index (κ1) is 26.4. The third kappa shape index (κ3) is 5.90. The van der Waals surface area contributed by atoms with Gasteiger partial charge in [-0.05, 0) is 47.6 Å². The van der Waals surface area contributed by atoms with Crippen LogP contribution in [0, 0.1) is 5.92 Å². The van der Waals surface area contributed by atoms with E-state index < -0.39 is 0 Å². The summed E-state index contributed by atoms with van der Waals surface area (Å²) < 4.78 is 3.71. The quantitative estimate of drug-likeness (QED) is 0.228. The van der Waals surface area contributed by atoms with Gasteiger partial charge in [0.25, 0.3) is 0 Å². The Hall–Kier alpha value is -3.26. The Bertz CT molecular complexity index is 1370. The van der Waals surface area contributed by atoms with Crippen LogP contribution in [0.15, 0.2) is 47.4 Å². The van der Waals surface area contributed by atoms with E-state index in [1.165, 1.54) is 32.1 Å². The van der Waals surface area contributed by atoms with Gasteiger partial charge in [-0.15, -0.1) is 10.2 Å². The number of nitrogens with one attached hydrogen (secondary N) is 1. The van der Waals surface area contributed by atoms with Gasteiger partial charge >= 0.3 is 5.69 Å². The van der Waals surface area contributed by atoms with E-state index in [0.29, 0.717) is 35.7 Å². The van der Waals surface area contributed by atoms with Gasteiger partial charge in [-0.2, -0.15) is 5.21 Å². The van der Waals surface area contributed by atoms with Gasteiger partial charge < -0.3 is 0 Å². The molecule has 200 valence electrons. The van der Waals surface area contributed by atoms with E-state index in [9.17, 15) is 4.79 Å². The smallest absolute Gasteiger partial charge is 0.290 e. The van der Waals surface area contributed by atoms with Crippen molar-refractivity contribution in [3.8, 4) is 22.6 Å². The number of benzene rings is 1. The van der Waals surface area contributed by atoms with Crippen molar-refractivity contribution < 1.29 is 0 Å². The maximum absolute atomic E-state index is 13.6. The van der Waals surface area contributed by atoms with Crippen LogP contribution in [0.3, 0.4) is 0 Å². The van der Waals surface area contributed by atoms with Crippen LogP contribution in [-0.2, 0) is 19.5 Å². The molecule has 9 heteroatoms. The fraction of sp³-hybridized carbons (Fsp3) is 0.483. The number of pyridine rings is 1. The lowest BCUT2D eigenvalue weighted by Gasteiger charge is -2.21. The Morgan fingerprint density at radius 1 is 1.05 bits per heavy atom. The predicted molar refractivity (Wildman–Crippen MR) is 150 cm³/mol. The number of unbranched alkanes of at least 4 members (excludes halogenated alkanes) is 2. The second-order valence-corrected chi connectivity index (χ2v) is 10.7. The number of nitrogens with zero attached hydrogens (tertiary/aromatic N) is 6. The van der Waals surface area contributed by atoms with Gasteiger partial charge in [-0.25, -0.2) is 4.79 Å². The molecule has 1 saturated carbocycles. The van der Waals surface area contributed by atoms with Gasteiger partial charge in [-0.1, -0.05) is 93.8 Å². The number of halogens is 1. The minimum absolute atomic E-state index is 0.00744. The molecule has 0 spiro atoms. The summed E-state index contributed by atoms with van der Waals surface area (Å²) in [6.45, 7) is 3.40. The molecule has 0 unspecified atom stereocenters. The van der Waals surface area contributed by atoms with Crippen molar-refractivity contribution in [3.63, 3.8) is 0 Å². The summed E-state index contributed by atoms with van der Waals surface area (Å²) in [5.41, 5.74) is 4.62. The molecule has 3 aromatic heterocycles. The molecule has 1 aliphatic rings. The third-order valence-corrected chi connectivity index (χ3v) is 8.16. The number of H-pyrrole nitrogens is 1. The Morgan fingerprint density at radius 2 is 1.87 bits per heavy atom. The highest BCUT2D eigenvalue weighted by molar-refractivity contribution is 6.30. The molecule has 0 atom stereocenters. The maximum Gasteiger partial charge on any atom is 0.329 e. The molecule has 0 amide bonds. The Labute approximate surface area is 228 Å². The number of hydrogen-bond acceptors (Lipinski definition) is 5. The monoisotopic (exact) mass is 533 g/mol. The van der Waals surface area contributed by atoms with Gasteiger partial charge in [0.05, 0.1) is 12.2 Å². The average Bonchev–Trinajstić information content (AvgIpc) is 3.57. The first-order valence-corrected chi connectivity index (χ1v) is 14.3. The summed E-state index contributed by atoms with van der Waals surface area (Å²) in [4.78, 5) is 18.1. The Balaban J connectivity index is 1.39. The van der Waals surface area contributed by atoms with Crippen molar-refractivity contribution in [2.45, 2.75) is 84.2 Å². The Kier molecular flexibility index (Phi) is 8.68. The number of aromatic amines is 1. The molecule has 0 saturated heterocycles. The van der Waals surface area contributed by atoms with Gasteiger partial charge in [0, 0.05) is 18.3 Å². The van der Waals surface area contributed by atoms with Gasteiger partial charge in [0.15, 0.2) is 0 Å². The SMILES string of the molecule is CCCCCc1c(Cl)n(CCC2CCCCC2)c(=O)n1Cc1ccc(-c2cccnc2-c2nn[nH]n2)cc1. The zero-order valence-corrected chi connectivity index (χ0v) is 22.8. The topological polar surface area (TPSA) is 94.3 Å². The molecule has 0 aliphatic heterocycles. The van der Waals surface area contributed by atoms with Crippen LogP contribution in [0.4, 0.5) is 0 Å². The number of hydrogen-bond donors (Lipinski definition) is 1. The van der Waals surface area contributed by atoms with E-state index in [2.05, 4.69) is 56.8 Å². The Morgan fingerprint density at radius 3 is 2.61 bits per heavy atom. The molecule has 3 heterocycles. The number of rotatable bonds is 11. The lowest BCUT2D eigenvalue weighted by atomic mass is 9.87. The van der Waals surface area contributed by atoms with Crippen LogP contribution in [0.5, 0.6) is 0 Å². The fourth-order valence-electron chi connectivity index (χ4n) is 5.59. The third-order valence-electron chi connectivity index (χ3n) is 7.74. The minimum atomic E-state index is 0.00744. The summed E-state index contributed by atoms with van der Waals surface area (Å²) in [6.07, 6.45) is 13.4. The van der Waals surface area contributed by atoms with Crippen LogP contribution >= 0.6 is 11.6 Å². The molecule has 1 aromatic carbocycles. The molecule has 38 heavy (non-hydrogen) atoms. The highest BCUT2D eigenvalue weighted by Gasteiger charge is 2.21. The molecule has 0 bridgehead atoms. The summed E-state index contributed by atoms with van der Waals surface area (Å²) >= 11 is 6.88. The first-order chi connectivity index (χ1) is 18.7. The van der Waals surface area contributed by atoms with E-state index in [-0.39, 0.29) is 5.69 Å². The van der Waals surface area contributed by atoms with Crippen molar-refractivity contribution in [3.05, 3.63) is 69.5 Å². The van der Waals surface area contributed by atoms with Crippen LogP contribution in [-0.4, -0.2) is 34.7 Å². The van der Waals surface area contributed by atoms with Gasteiger partial charge in [0.2, 0.25) is 5.82 Å². The van der Waals surface area contributed by atoms with Crippen molar-refractivity contribution >= 4 is 11.6 Å². The lowest BCUT2D eigenvalue weighted by Crippen LogP contribution is -2.26. The second kappa shape index (κ2) is 12.5. The molecule has 1 N–H and O–H groups in total. The number of aromatic nitrogens is 7. The highest BCUT2D eigenvalue weighted by atomic mass is 35.5. The van der Waals surface area contributed by atoms with Crippen LogP contribution in [0.2, 0.25) is 5.15 Å². The highest BCUT2D eigenvalue weighted by Crippen LogP contribution is 2.29. The predicted octanol–water partition coefficient (Wildman–Crippen LogP) is 6.30. The van der Waals surface area contributed by atoms with Crippen molar-refractivity contribution in [2.24, 2.45) is 5.92 Å². The van der Waals surface area contributed by atoms with Gasteiger partial charge in [0.1, 0.15) is 10.8 Å². The van der Waals surface area contributed by atoms with E-state index in [0.717, 1.165) is 54.5 Å². The minimum Gasteiger partial charge on any atom is -0.290 e. The van der Waals surface area contributed by atoms with Gasteiger partial charge in [-0.3, -0.25) is 14.1 Å². The molecule has 1 aliphatic carbocycles. The standard InChI is InChI=1S/C29H36ClN7O/c1-2-3-5-12-25-27(30)36(19-17-21-9-6-4-7-10-21)29(38)37(25)20-22-13-15-23(16-14-22)24-11-8-18-31-26(24)28-32-34-35-33-28/h8,11,13-16,18,21H,2-7,9-10,12,17,19-20H2,1H3,(H,32,33,34,35). The molecule has 1 fully saturated rings. The van der Waals surface area contributed by atoms with Crippen molar-refractivity contribution in [1.29, 1.82) is 0 Å². The average molecular weight is 534 g/mol. The molecule has 0 radical (unpaired) electrons. The van der Waals surface area contributed by atoms with E-state index >= 15 is 0 Å². The molecule has 4 aromatic rings. The van der Waals surface area contributed by atoms with E-state index in [1.807, 2.05) is 21.3 Å². The second-order valence-electron chi connectivity index (χ2n) is 10.3. The van der Waals surface area contributed by atoms with Crippen LogP contribution < -0.4 is 5.69 Å². The largest absolute Gasteiger partial charge is 0.329 e. The van der Waals surface area contributed by atoms with Crippen molar-refractivity contribution in [1.82, 2.24) is 34.7 Å². The molecular weight excluding hydrogens is 498 g/mol. The van der Waals surface area contributed by atoms with E-state index in [1.54, 1.807) is 6.20 Å². The van der Waals surface area contributed by atoms with Crippen LogP contribution in [0.25, 0.3) is 22.6 Å². The summed E-state index contributed by atoms with van der Waals surface area (Å²) in [5, 5.41) is 15.0. The number of tetrazole rings is 1. The van der Waals surface area contributed by atoms with Crippen LogP contribution in [0.1, 0.15) is 76.0 Å². The van der Waals surface area contributed by atoms with Crippen molar-refractivity contribution in [2.75, 3.05) is 0 Å². The fourth-order valence-corrected chi connectivity index (χ4v) is 5.94. The molecule has 5 rings (SSSR count). The first-order valence-electron chi connectivity index (χ1n) is 13.9. The zero-order chi connectivity index (χ0) is 26.3. The zero-order valence-electron chi connectivity index (χ0n) is 22.1. The molecule has 8 nitrogen and oxygen atoms in total. The maximum atomic E-state index is 13.6. The summed E-state index contributed by atoms with van der Waals surface area (Å²) in [6, 6.07) is 12.1. The molecular formula is C29H36ClN7O. The number of imidazole rings is 1. The summed E-state index contributed by atoms with van der Waals surface area (Å²) in [7, 11) is 0. The lowest BCUT2D eigenvalue weighted by molar-refractivity contribution is 0.322. The normalized spacial score (nSPS) is 14.3.